The molecule has 0 bridgehead atoms. The van der Waals surface area contributed by atoms with E-state index >= 15 is 0 Å². The summed E-state index contributed by atoms with van der Waals surface area (Å²) < 4.78 is 11.4. The largest absolute Gasteiger partial charge is 0.487 e. The lowest BCUT2D eigenvalue weighted by atomic mass is 10.1. The number of hydrogen-bond donors (Lipinski definition) is 2. The minimum absolute atomic E-state index is 0.447. The average molecular weight is 442 g/mol. The number of ether oxygens (including phenoxy) is 1. The lowest BCUT2D eigenvalue weighted by Gasteiger charge is -2.11. The van der Waals surface area contributed by atoms with Gasteiger partial charge in [-0.25, -0.2) is 4.98 Å². The number of rotatable bonds is 8. The Kier molecular flexibility index (Phi) is 7.33. The number of hydrogen-bond acceptors (Lipinski definition) is 5. The fourth-order valence-corrected chi connectivity index (χ4v) is 3.14. The zero-order valence-corrected chi connectivity index (χ0v) is 18.8. The third kappa shape index (κ3) is 6.43. The molecule has 0 aliphatic carbocycles. The standard InChI is InChI=1S/C26H27N5O2/c1-19-6-10-21(11-7-19)25-31-23(18-33-25)16-30-26(27-2)29-15-20-8-12-24(13-9-20)32-17-22-5-3-4-14-28-22/h3-14,18H,15-17H2,1-2H3,(H2,27,29,30). The van der Waals surface area contributed by atoms with Crippen molar-refractivity contribution in [3.63, 3.8) is 0 Å². The van der Waals surface area contributed by atoms with Crippen molar-refractivity contribution in [2.45, 2.75) is 26.6 Å². The second kappa shape index (κ2) is 10.9. The van der Waals surface area contributed by atoms with Crippen molar-refractivity contribution in [1.82, 2.24) is 20.6 Å². The number of aromatic nitrogens is 2. The number of aryl methyl sites for hydroxylation is 1. The molecule has 0 atom stereocenters. The Hall–Kier alpha value is -4.13. The maximum absolute atomic E-state index is 5.79. The molecule has 2 heterocycles. The molecule has 33 heavy (non-hydrogen) atoms. The Morgan fingerprint density at radius 1 is 0.939 bits per heavy atom. The van der Waals surface area contributed by atoms with Crippen LogP contribution in [0, 0.1) is 6.92 Å². The normalized spacial score (nSPS) is 11.3. The third-order valence-electron chi connectivity index (χ3n) is 5.01. The van der Waals surface area contributed by atoms with Crippen molar-refractivity contribution >= 4 is 5.96 Å². The number of aliphatic imine (C=N–C) groups is 1. The van der Waals surface area contributed by atoms with Crippen LogP contribution < -0.4 is 15.4 Å². The lowest BCUT2D eigenvalue weighted by molar-refractivity contribution is 0.301. The summed E-state index contributed by atoms with van der Waals surface area (Å²) in [5, 5.41) is 6.57. The smallest absolute Gasteiger partial charge is 0.226 e. The Bertz CT molecular complexity index is 1170. The highest BCUT2D eigenvalue weighted by molar-refractivity contribution is 5.79. The van der Waals surface area contributed by atoms with Crippen LogP contribution in [0.25, 0.3) is 11.5 Å². The van der Waals surface area contributed by atoms with Crippen LogP contribution in [0.2, 0.25) is 0 Å². The van der Waals surface area contributed by atoms with Crippen LogP contribution in [-0.2, 0) is 19.7 Å². The molecule has 0 fully saturated rings. The first-order valence-corrected chi connectivity index (χ1v) is 10.8. The molecule has 168 valence electrons. The van der Waals surface area contributed by atoms with Crippen LogP contribution in [0.3, 0.4) is 0 Å². The molecule has 0 unspecified atom stereocenters. The van der Waals surface area contributed by atoms with Crippen LogP contribution in [0.15, 0.2) is 88.6 Å². The quantitative estimate of drug-likeness (QED) is 0.310. The lowest BCUT2D eigenvalue weighted by Crippen LogP contribution is -2.36. The Morgan fingerprint density at radius 2 is 1.73 bits per heavy atom. The zero-order chi connectivity index (χ0) is 22.9. The number of oxazole rings is 1. The van der Waals surface area contributed by atoms with Gasteiger partial charge in [0.2, 0.25) is 5.89 Å². The van der Waals surface area contributed by atoms with Gasteiger partial charge < -0.3 is 19.8 Å². The number of guanidine groups is 1. The fraction of sp³-hybridized carbons (Fsp3) is 0.192. The zero-order valence-electron chi connectivity index (χ0n) is 18.8. The highest BCUT2D eigenvalue weighted by Crippen LogP contribution is 2.19. The number of benzene rings is 2. The molecule has 2 aromatic heterocycles. The van der Waals surface area contributed by atoms with E-state index in [2.05, 4.69) is 32.5 Å². The molecule has 0 aliphatic heterocycles. The van der Waals surface area contributed by atoms with Crippen LogP contribution in [-0.4, -0.2) is 23.0 Å². The van der Waals surface area contributed by atoms with E-state index in [1.54, 1.807) is 19.5 Å². The van der Waals surface area contributed by atoms with Gasteiger partial charge in [-0.1, -0.05) is 35.9 Å². The molecule has 4 rings (SSSR count). The summed E-state index contributed by atoms with van der Waals surface area (Å²) in [5.74, 6) is 2.10. The number of pyridine rings is 1. The summed E-state index contributed by atoms with van der Waals surface area (Å²) in [5.41, 5.74) is 4.99. The average Bonchev–Trinajstić information content (AvgIpc) is 3.34. The predicted octanol–water partition coefficient (Wildman–Crippen LogP) is 4.49. The number of nitrogens with one attached hydrogen (secondary N) is 2. The third-order valence-corrected chi connectivity index (χ3v) is 5.01. The second-order valence-electron chi connectivity index (χ2n) is 7.54. The van der Waals surface area contributed by atoms with E-state index in [-0.39, 0.29) is 0 Å². The molecule has 2 N–H and O–H groups in total. The van der Waals surface area contributed by atoms with Crippen molar-refractivity contribution in [3.05, 3.63) is 102 Å². The molecule has 2 aromatic carbocycles. The summed E-state index contributed by atoms with van der Waals surface area (Å²) >= 11 is 0. The van der Waals surface area contributed by atoms with Gasteiger partial charge in [0, 0.05) is 25.4 Å². The number of nitrogens with zero attached hydrogens (tertiary/aromatic N) is 3. The molecule has 0 saturated heterocycles. The maximum Gasteiger partial charge on any atom is 0.226 e. The van der Waals surface area contributed by atoms with Crippen LogP contribution in [0.1, 0.15) is 22.5 Å². The molecule has 7 heteroatoms. The van der Waals surface area contributed by atoms with Gasteiger partial charge >= 0.3 is 0 Å². The van der Waals surface area contributed by atoms with Crippen LogP contribution >= 0.6 is 0 Å². The highest BCUT2D eigenvalue weighted by atomic mass is 16.5. The second-order valence-corrected chi connectivity index (χ2v) is 7.54. The summed E-state index contributed by atoms with van der Waals surface area (Å²) in [6, 6.07) is 21.9. The van der Waals surface area contributed by atoms with Gasteiger partial charge in [0.05, 0.1) is 17.9 Å². The molecule has 0 saturated carbocycles. The summed E-state index contributed by atoms with van der Waals surface area (Å²) in [4.78, 5) is 13.1. The Morgan fingerprint density at radius 3 is 2.45 bits per heavy atom. The maximum atomic E-state index is 5.79. The molecular formula is C26H27N5O2. The molecule has 4 aromatic rings. The van der Waals surface area contributed by atoms with Gasteiger partial charge in [-0.15, -0.1) is 0 Å². The van der Waals surface area contributed by atoms with Crippen molar-refractivity contribution < 1.29 is 9.15 Å². The fourth-order valence-electron chi connectivity index (χ4n) is 3.14. The summed E-state index contributed by atoms with van der Waals surface area (Å²) in [6.45, 7) is 3.64. The summed E-state index contributed by atoms with van der Waals surface area (Å²) in [7, 11) is 1.74. The first-order valence-electron chi connectivity index (χ1n) is 10.8. The van der Waals surface area contributed by atoms with Gasteiger partial charge in [-0.05, 0) is 48.9 Å². The molecular weight excluding hydrogens is 414 g/mol. The molecule has 0 spiro atoms. The van der Waals surface area contributed by atoms with Crippen molar-refractivity contribution in [2.75, 3.05) is 7.05 Å². The molecule has 0 radical (unpaired) electrons. The SMILES string of the molecule is CN=C(NCc1ccc(OCc2ccccn2)cc1)NCc1coc(-c2ccc(C)cc2)n1. The van der Waals surface area contributed by atoms with Gasteiger partial charge in [-0.3, -0.25) is 9.98 Å². The molecule has 0 amide bonds. The van der Waals surface area contributed by atoms with E-state index in [1.165, 1.54) is 5.56 Å². The van der Waals surface area contributed by atoms with E-state index in [1.807, 2.05) is 66.7 Å². The van der Waals surface area contributed by atoms with Gasteiger partial charge in [0.25, 0.3) is 0 Å². The topological polar surface area (TPSA) is 84.6 Å². The van der Waals surface area contributed by atoms with Gasteiger partial charge in [0.1, 0.15) is 18.6 Å². The van der Waals surface area contributed by atoms with Gasteiger partial charge in [0.15, 0.2) is 5.96 Å². The monoisotopic (exact) mass is 441 g/mol. The first-order chi connectivity index (χ1) is 16.2. The molecule has 0 aliphatic rings. The first kappa shape index (κ1) is 22.1. The van der Waals surface area contributed by atoms with E-state index in [4.69, 9.17) is 9.15 Å². The van der Waals surface area contributed by atoms with Crippen LogP contribution in [0.4, 0.5) is 0 Å². The van der Waals surface area contributed by atoms with E-state index < -0.39 is 0 Å². The predicted molar refractivity (Wildman–Crippen MR) is 129 cm³/mol. The van der Waals surface area contributed by atoms with E-state index in [0.717, 1.165) is 28.3 Å². The van der Waals surface area contributed by atoms with E-state index in [0.29, 0.717) is 31.5 Å². The van der Waals surface area contributed by atoms with Crippen molar-refractivity contribution in [1.29, 1.82) is 0 Å². The minimum atomic E-state index is 0.447. The van der Waals surface area contributed by atoms with Crippen LogP contribution in [0.5, 0.6) is 5.75 Å². The Labute approximate surface area is 193 Å². The Balaban J connectivity index is 1.24. The minimum Gasteiger partial charge on any atom is -0.487 e. The van der Waals surface area contributed by atoms with Crippen molar-refractivity contribution in [2.24, 2.45) is 4.99 Å². The van der Waals surface area contributed by atoms with E-state index in [9.17, 15) is 0 Å². The van der Waals surface area contributed by atoms with Gasteiger partial charge in [-0.2, -0.15) is 0 Å². The molecule has 7 nitrogen and oxygen atoms in total. The highest BCUT2D eigenvalue weighted by Gasteiger charge is 2.07. The van der Waals surface area contributed by atoms with Crippen molar-refractivity contribution in [3.8, 4) is 17.2 Å². The summed E-state index contributed by atoms with van der Waals surface area (Å²) in [6.07, 6.45) is 3.43.